The second-order valence-electron chi connectivity index (χ2n) is 16.4. The van der Waals surface area contributed by atoms with Crippen LogP contribution in [0.2, 0.25) is 20.0 Å². The quantitative estimate of drug-likeness (QED) is 0.111. The van der Waals surface area contributed by atoms with E-state index in [0.29, 0.717) is 31.9 Å². The highest BCUT2D eigenvalue weighted by atomic mass is 16.5. The third-order valence-electron chi connectivity index (χ3n) is 12.3. The van der Waals surface area contributed by atoms with Crippen molar-refractivity contribution in [2.45, 2.75) is 77.4 Å². The highest BCUT2D eigenvalue weighted by Gasteiger charge is 2.45. The van der Waals surface area contributed by atoms with Gasteiger partial charge in [0.1, 0.15) is 0 Å². The highest BCUT2D eigenvalue weighted by Crippen LogP contribution is 2.37. The molecular formula is C47H59B2NO7. The Morgan fingerprint density at radius 2 is 1.21 bits per heavy atom. The molecule has 0 bridgehead atoms. The fourth-order valence-electron chi connectivity index (χ4n) is 9.31. The van der Waals surface area contributed by atoms with Crippen LogP contribution in [0, 0.1) is 29.6 Å². The van der Waals surface area contributed by atoms with Crippen LogP contribution in [0.25, 0.3) is 22.3 Å². The zero-order chi connectivity index (χ0) is 40.1. The number of carbonyl (C=O) groups excluding carboxylic acids is 1. The summed E-state index contributed by atoms with van der Waals surface area (Å²) in [5.41, 5.74) is 7.15. The van der Waals surface area contributed by atoms with E-state index in [0.717, 1.165) is 58.2 Å². The van der Waals surface area contributed by atoms with E-state index in [1.54, 1.807) is 18.5 Å². The van der Waals surface area contributed by atoms with Gasteiger partial charge in [-0.1, -0.05) is 116 Å². The Balaban J connectivity index is 0.000000193. The Morgan fingerprint density at radius 3 is 1.70 bits per heavy atom. The molecule has 10 heteroatoms. The lowest BCUT2D eigenvalue weighted by atomic mass is 9.61. The Morgan fingerprint density at radius 1 is 0.719 bits per heavy atom. The number of hydrogen-bond donors (Lipinski definition) is 3. The highest BCUT2D eigenvalue weighted by molar-refractivity contribution is 6.49. The second kappa shape index (κ2) is 21.0. The van der Waals surface area contributed by atoms with Crippen molar-refractivity contribution in [1.29, 1.82) is 0 Å². The summed E-state index contributed by atoms with van der Waals surface area (Å²) in [6.07, 6.45) is 7.13. The first kappa shape index (κ1) is 42.4. The summed E-state index contributed by atoms with van der Waals surface area (Å²) in [7, 11) is -0.745. The standard InChI is InChI=1S/C24H31BO4.C23H28BNO3/c1-25(28)17-19(16-23(24(26)27)22-11-13-29-14-12-22)15-18-7-9-21(10-8-18)20-5-3-2-4-6-20;1-24(27)25-21(16-22(23(25)26)20-11-13-28-14-12-20)15-17-7-9-19(10-8-17)18-5-3-2-4-6-18/h2-10,19,22-23,28H,11-17H2,1H3,(H,26,27);2-10,20-22,27H,11-16H2,1H3/t19-,23?;21-,22?/m11/s1. The van der Waals surface area contributed by atoms with Gasteiger partial charge in [-0.15, -0.1) is 0 Å². The Hall–Kier alpha value is -4.21. The van der Waals surface area contributed by atoms with Crippen LogP contribution in [0.15, 0.2) is 109 Å². The lowest BCUT2D eigenvalue weighted by Crippen LogP contribution is -2.45. The third kappa shape index (κ3) is 11.9. The minimum absolute atomic E-state index is 0.0205. The molecule has 8 nitrogen and oxygen atoms in total. The maximum absolute atomic E-state index is 13.0. The van der Waals surface area contributed by atoms with Gasteiger partial charge in [0.25, 0.3) is 6.92 Å². The SMILES string of the molecule is CB(O)C[C@H](Cc1ccc(-c2ccccc2)cc1)CC(C(=O)O)C1CCOCC1.CB(O)N1C(=O)C(C2CCOCC2)C[C@H]1Cc1ccc(-c2ccccc2)cc1. The van der Waals surface area contributed by atoms with Gasteiger partial charge in [-0.3, -0.25) is 9.59 Å². The molecule has 4 aromatic rings. The van der Waals surface area contributed by atoms with Crippen molar-refractivity contribution in [3.8, 4) is 22.3 Å². The summed E-state index contributed by atoms with van der Waals surface area (Å²) in [6.45, 7) is 5.84. The second-order valence-corrected chi connectivity index (χ2v) is 16.4. The number of amides is 1. The molecule has 57 heavy (non-hydrogen) atoms. The molecule has 0 radical (unpaired) electrons. The molecule has 300 valence electrons. The summed E-state index contributed by atoms with van der Waals surface area (Å²) in [4.78, 5) is 26.7. The van der Waals surface area contributed by atoms with E-state index in [4.69, 9.17) is 9.47 Å². The zero-order valence-corrected chi connectivity index (χ0v) is 33.6. The van der Waals surface area contributed by atoms with Crippen LogP contribution in [0.4, 0.5) is 0 Å². The van der Waals surface area contributed by atoms with Gasteiger partial charge in [-0.25, -0.2) is 0 Å². The smallest absolute Gasteiger partial charge is 0.411 e. The Bertz CT molecular complexity index is 1810. The minimum atomic E-state index is -0.745. The van der Waals surface area contributed by atoms with Gasteiger partial charge in [0.2, 0.25) is 5.91 Å². The molecule has 7 rings (SSSR count). The van der Waals surface area contributed by atoms with Crippen molar-refractivity contribution in [2.24, 2.45) is 29.6 Å². The number of hydrogen-bond acceptors (Lipinski definition) is 6. The number of ether oxygens (including phenoxy) is 2. The fraction of sp³-hybridized carbons (Fsp3) is 0.447. The number of carbonyl (C=O) groups is 2. The van der Waals surface area contributed by atoms with Crippen LogP contribution in [-0.4, -0.2) is 78.3 Å². The lowest BCUT2D eigenvalue weighted by molar-refractivity contribution is -0.145. The monoisotopic (exact) mass is 771 g/mol. The summed E-state index contributed by atoms with van der Waals surface area (Å²) < 4.78 is 10.9. The molecule has 4 atom stereocenters. The van der Waals surface area contributed by atoms with E-state index in [9.17, 15) is 24.7 Å². The van der Waals surface area contributed by atoms with E-state index in [1.807, 2.05) is 36.4 Å². The molecule has 3 fully saturated rings. The van der Waals surface area contributed by atoms with Crippen molar-refractivity contribution in [3.63, 3.8) is 0 Å². The molecule has 4 aromatic carbocycles. The maximum atomic E-state index is 13.0. The number of nitrogens with zero attached hydrogens (tertiary/aromatic N) is 1. The summed E-state index contributed by atoms with van der Waals surface area (Å²) in [6, 6.07) is 37.7. The molecule has 3 saturated heterocycles. The van der Waals surface area contributed by atoms with Crippen LogP contribution in [-0.2, 0) is 31.9 Å². The van der Waals surface area contributed by atoms with Gasteiger partial charge in [0.15, 0.2) is 0 Å². The van der Waals surface area contributed by atoms with Gasteiger partial charge in [0.05, 0.1) is 5.92 Å². The minimum Gasteiger partial charge on any atom is -0.481 e. The Labute approximate surface area is 339 Å². The average molecular weight is 772 g/mol. The van der Waals surface area contributed by atoms with Crippen LogP contribution < -0.4 is 0 Å². The van der Waals surface area contributed by atoms with E-state index >= 15 is 0 Å². The largest absolute Gasteiger partial charge is 0.481 e. The van der Waals surface area contributed by atoms with E-state index in [-0.39, 0.29) is 35.6 Å². The molecule has 3 aliphatic heterocycles. The summed E-state index contributed by atoms with van der Waals surface area (Å²) >= 11 is 0. The van der Waals surface area contributed by atoms with E-state index < -0.39 is 19.9 Å². The van der Waals surface area contributed by atoms with Crippen molar-refractivity contribution in [1.82, 2.24) is 4.81 Å². The predicted octanol–water partition coefficient (Wildman–Crippen LogP) is 8.29. The fourth-order valence-corrected chi connectivity index (χ4v) is 9.31. The van der Waals surface area contributed by atoms with Crippen molar-refractivity contribution < 1.29 is 34.2 Å². The van der Waals surface area contributed by atoms with Crippen molar-refractivity contribution in [2.75, 3.05) is 26.4 Å². The van der Waals surface area contributed by atoms with Gasteiger partial charge < -0.3 is 29.4 Å². The molecule has 0 aliphatic carbocycles. The van der Waals surface area contributed by atoms with E-state index in [2.05, 4.69) is 72.8 Å². The molecular weight excluding hydrogens is 712 g/mol. The first-order valence-corrected chi connectivity index (χ1v) is 21.0. The predicted molar refractivity (Wildman–Crippen MR) is 229 cm³/mol. The van der Waals surface area contributed by atoms with Crippen LogP contribution >= 0.6 is 0 Å². The number of rotatable bonds is 14. The number of carboxylic acid groups (broad SMARTS) is 1. The third-order valence-corrected chi connectivity index (χ3v) is 12.3. The average Bonchev–Trinajstić information content (AvgIpc) is 3.56. The molecule has 2 unspecified atom stereocenters. The first-order valence-electron chi connectivity index (χ1n) is 21.0. The lowest BCUT2D eigenvalue weighted by Gasteiger charge is -2.30. The first-order chi connectivity index (χ1) is 27.7. The van der Waals surface area contributed by atoms with Gasteiger partial charge >= 0.3 is 13.0 Å². The number of benzene rings is 4. The van der Waals surface area contributed by atoms with Gasteiger partial charge in [0, 0.05) is 38.4 Å². The van der Waals surface area contributed by atoms with Crippen LogP contribution in [0.1, 0.15) is 49.7 Å². The number of aliphatic carboxylic acids is 1. The molecule has 3 N–H and O–H groups in total. The maximum Gasteiger partial charge on any atom is 0.411 e. The van der Waals surface area contributed by atoms with Crippen LogP contribution in [0.3, 0.4) is 0 Å². The topological polar surface area (TPSA) is 117 Å². The molecule has 0 saturated carbocycles. The normalized spacial score (nSPS) is 20.0. The van der Waals surface area contributed by atoms with Crippen LogP contribution in [0.5, 0.6) is 0 Å². The molecule has 0 spiro atoms. The molecule has 3 aliphatic rings. The van der Waals surface area contributed by atoms with Crippen molar-refractivity contribution in [3.05, 3.63) is 120 Å². The Kier molecular flexibility index (Phi) is 15.6. The molecule has 3 heterocycles. The van der Waals surface area contributed by atoms with E-state index in [1.165, 1.54) is 33.4 Å². The molecule has 1 amide bonds. The summed E-state index contributed by atoms with van der Waals surface area (Å²) in [5.74, 6) is -0.259. The van der Waals surface area contributed by atoms with Gasteiger partial charge in [-0.2, -0.15) is 0 Å². The summed E-state index contributed by atoms with van der Waals surface area (Å²) in [5, 5.41) is 30.1. The van der Waals surface area contributed by atoms with Crippen molar-refractivity contribution >= 4 is 25.8 Å². The zero-order valence-electron chi connectivity index (χ0n) is 33.6. The number of carboxylic acids is 1. The van der Waals surface area contributed by atoms with Gasteiger partial charge in [-0.05, 0) is 116 Å². The molecule has 0 aromatic heterocycles.